The summed E-state index contributed by atoms with van der Waals surface area (Å²) in [6, 6.07) is 0.727. The average Bonchev–Trinajstić information content (AvgIpc) is 2.25. The second kappa shape index (κ2) is 7.61. The van der Waals surface area contributed by atoms with Crippen LogP contribution >= 0.6 is 0 Å². The predicted molar refractivity (Wildman–Crippen MR) is 84.6 cm³/mol. The molecule has 3 heteroatoms. The number of likely N-dealkylation sites (tertiary alicyclic amines) is 1. The SMILES string of the molecule is CC(C)CN1CCC(NCC(C)(C)CN(C)C)CC1. The standard InChI is InChI=1S/C16H35N3/c1-14(2)11-19-9-7-15(8-10-19)17-12-16(3,4)13-18(5)6/h14-15,17H,7-13H2,1-6H3. The fourth-order valence-electron chi connectivity index (χ4n) is 3.17. The van der Waals surface area contributed by atoms with Crippen LogP contribution < -0.4 is 5.32 Å². The van der Waals surface area contributed by atoms with E-state index in [1.54, 1.807) is 0 Å². The maximum Gasteiger partial charge on any atom is 0.00916 e. The normalized spacial score (nSPS) is 19.6. The Kier molecular flexibility index (Phi) is 6.78. The van der Waals surface area contributed by atoms with Gasteiger partial charge in [0.2, 0.25) is 0 Å². The molecule has 0 aromatic carbocycles. The van der Waals surface area contributed by atoms with Crippen LogP contribution in [0.5, 0.6) is 0 Å². The van der Waals surface area contributed by atoms with Crippen molar-refractivity contribution < 1.29 is 0 Å². The molecule has 1 aliphatic rings. The summed E-state index contributed by atoms with van der Waals surface area (Å²) >= 11 is 0. The molecule has 0 amide bonds. The van der Waals surface area contributed by atoms with Gasteiger partial charge in [-0.2, -0.15) is 0 Å². The van der Waals surface area contributed by atoms with Gasteiger partial charge in [-0.25, -0.2) is 0 Å². The first-order valence-electron chi connectivity index (χ1n) is 7.89. The zero-order chi connectivity index (χ0) is 14.5. The van der Waals surface area contributed by atoms with E-state index in [0.29, 0.717) is 5.41 Å². The van der Waals surface area contributed by atoms with Crippen molar-refractivity contribution in [3.63, 3.8) is 0 Å². The number of rotatable bonds is 7. The minimum absolute atomic E-state index is 0.360. The smallest absolute Gasteiger partial charge is 0.00916 e. The Balaban J connectivity index is 2.22. The fourth-order valence-corrected chi connectivity index (χ4v) is 3.17. The molecule has 0 aromatic heterocycles. The second-order valence-electron chi connectivity index (χ2n) is 7.75. The van der Waals surface area contributed by atoms with Gasteiger partial charge in [-0.1, -0.05) is 27.7 Å². The topological polar surface area (TPSA) is 18.5 Å². The van der Waals surface area contributed by atoms with Gasteiger partial charge in [-0.15, -0.1) is 0 Å². The van der Waals surface area contributed by atoms with Gasteiger partial charge in [-0.3, -0.25) is 0 Å². The summed E-state index contributed by atoms with van der Waals surface area (Å²) in [7, 11) is 4.32. The van der Waals surface area contributed by atoms with E-state index in [1.807, 2.05) is 0 Å². The van der Waals surface area contributed by atoms with E-state index in [4.69, 9.17) is 0 Å². The van der Waals surface area contributed by atoms with Crippen LogP contribution in [0, 0.1) is 11.3 Å². The highest BCUT2D eigenvalue weighted by molar-refractivity contribution is 4.81. The molecule has 0 atom stereocenters. The first kappa shape index (κ1) is 16.9. The monoisotopic (exact) mass is 269 g/mol. The Hall–Kier alpha value is -0.120. The Bertz CT molecular complexity index is 240. The van der Waals surface area contributed by atoms with Crippen molar-refractivity contribution in [3.8, 4) is 0 Å². The lowest BCUT2D eigenvalue weighted by atomic mass is 9.92. The molecule has 0 spiro atoms. The van der Waals surface area contributed by atoms with Gasteiger partial charge in [0.05, 0.1) is 0 Å². The van der Waals surface area contributed by atoms with E-state index >= 15 is 0 Å². The number of hydrogen-bond acceptors (Lipinski definition) is 3. The summed E-state index contributed by atoms with van der Waals surface area (Å²) in [6.45, 7) is 15.4. The molecule has 1 fully saturated rings. The maximum absolute atomic E-state index is 3.79. The van der Waals surface area contributed by atoms with Crippen molar-refractivity contribution >= 4 is 0 Å². The highest BCUT2D eigenvalue weighted by Crippen LogP contribution is 2.17. The lowest BCUT2D eigenvalue weighted by molar-refractivity contribution is 0.165. The Morgan fingerprint density at radius 3 is 2.26 bits per heavy atom. The molecule has 1 saturated heterocycles. The third-order valence-electron chi connectivity index (χ3n) is 3.82. The first-order chi connectivity index (χ1) is 8.78. The molecule has 114 valence electrons. The Labute approximate surface area is 120 Å². The van der Waals surface area contributed by atoms with Gasteiger partial charge >= 0.3 is 0 Å². The predicted octanol–water partition coefficient (Wildman–Crippen LogP) is 2.28. The van der Waals surface area contributed by atoms with Crippen LogP contribution in [-0.2, 0) is 0 Å². The van der Waals surface area contributed by atoms with Gasteiger partial charge in [0, 0.05) is 25.7 Å². The average molecular weight is 269 g/mol. The summed E-state index contributed by atoms with van der Waals surface area (Å²) in [6.07, 6.45) is 2.62. The molecule has 0 saturated carbocycles. The van der Waals surface area contributed by atoms with Gasteiger partial charge in [0.25, 0.3) is 0 Å². The lowest BCUT2D eigenvalue weighted by Crippen LogP contribution is -2.47. The van der Waals surface area contributed by atoms with Gasteiger partial charge in [-0.05, 0) is 51.4 Å². The van der Waals surface area contributed by atoms with Crippen molar-refractivity contribution in [2.75, 3.05) is 46.8 Å². The minimum Gasteiger partial charge on any atom is -0.313 e. The maximum atomic E-state index is 3.79. The van der Waals surface area contributed by atoms with Gasteiger partial charge < -0.3 is 15.1 Å². The molecule has 19 heavy (non-hydrogen) atoms. The van der Waals surface area contributed by atoms with Crippen molar-refractivity contribution in [2.45, 2.75) is 46.6 Å². The number of piperidine rings is 1. The molecule has 0 aliphatic carbocycles. The van der Waals surface area contributed by atoms with Crippen LogP contribution in [0.2, 0.25) is 0 Å². The number of nitrogens with zero attached hydrogens (tertiary/aromatic N) is 2. The molecule has 0 aromatic rings. The molecule has 3 nitrogen and oxygen atoms in total. The van der Waals surface area contributed by atoms with Crippen LogP contribution in [0.1, 0.15) is 40.5 Å². The van der Waals surface area contributed by atoms with E-state index in [0.717, 1.165) is 25.0 Å². The zero-order valence-corrected chi connectivity index (χ0v) is 14.0. The fraction of sp³-hybridized carbons (Fsp3) is 1.00. The van der Waals surface area contributed by atoms with Gasteiger partial charge in [0.1, 0.15) is 0 Å². The Morgan fingerprint density at radius 2 is 1.79 bits per heavy atom. The Morgan fingerprint density at radius 1 is 1.21 bits per heavy atom. The zero-order valence-electron chi connectivity index (χ0n) is 14.0. The van der Waals surface area contributed by atoms with E-state index in [1.165, 1.54) is 32.5 Å². The second-order valence-corrected chi connectivity index (χ2v) is 7.75. The summed E-state index contributed by atoms with van der Waals surface area (Å²) < 4.78 is 0. The highest BCUT2D eigenvalue weighted by Gasteiger charge is 2.23. The molecule has 1 rings (SSSR count). The number of hydrogen-bond donors (Lipinski definition) is 1. The molecular formula is C16H35N3. The van der Waals surface area contributed by atoms with Crippen LogP contribution in [0.3, 0.4) is 0 Å². The van der Waals surface area contributed by atoms with Crippen molar-refractivity contribution in [1.29, 1.82) is 0 Å². The molecular weight excluding hydrogens is 234 g/mol. The van der Waals surface area contributed by atoms with E-state index in [2.05, 4.69) is 56.9 Å². The van der Waals surface area contributed by atoms with Crippen LogP contribution in [0.25, 0.3) is 0 Å². The largest absolute Gasteiger partial charge is 0.313 e. The van der Waals surface area contributed by atoms with Crippen LogP contribution in [-0.4, -0.2) is 62.7 Å². The highest BCUT2D eigenvalue weighted by atomic mass is 15.1. The van der Waals surface area contributed by atoms with Crippen molar-refractivity contribution in [2.24, 2.45) is 11.3 Å². The molecule has 1 N–H and O–H groups in total. The molecule has 0 bridgehead atoms. The number of nitrogens with one attached hydrogen (secondary N) is 1. The van der Waals surface area contributed by atoms with Crippen molar-refractivity contribution in [3.05, 3.63) is 0 Å². The summed E-state index contributed by atoms with van der Waals surface area (Å²) in [4.78, 5) is 4.90. The molecule has 1 heterocycles. The van der Waals surface area contributed by atoms with Crippen LogP contribution in [0.4, 0.5) is 0 Å². The first-order valence-corrected chi connectivity index (χ1v) is 7.89. The van der Waals surface area contributed by atoms with E-state index in [-0.39, 0.29) is 0 Å². The molecule has 0 unspecified atom stereocenters. The molecule has 0 radical (unpaired) electrons. The van der Waals surface area contributed by atoms with Crippen molar-refractivity contribution in [1.82, 2.24) is 15.1 Å². The van der Waals surface area contributed by atoms with Crippen LogP contribution in [0.15, 0.2) is 0 Å². The third kappa shape index (κ3) is 7.28. The minimum atomic E-state index is 0.360. The quantitative estimate of drug-likeness (QED) is 0.765. The summed E-state index contributed by atoms with van der Waals surface area (Å²) in [5.41, 5.74) is 0.360. The lowest BCUT2D eigenvalue weighted by Gasteiger charge is -2.36. The summed E-state index contributed by atoms with van der Waals surface area (Å²) in [5, 5.41) is 3.79. The summed E-state index contributed by atoms with van der Waals surface area (Å²) in [5.74, 6) is 0.795. The molecule has 1 aliphatic heterocycles. The third-order valence-corrected chi connectivity index (χ3v) is 3.82. The van der Waals surface area contributed by atoms with E-state index < -0.39 is 0 Å². The van der Waals surface area contributed by atoms with Gasteiger partial charge in [0.15, 0.2) is 0 Å². The van der Waals surface area contributed by atoms with E-state index in [9.17, 15) is 0 Å².